The van der Waals surface area contributed by atoms with Crippen molar-refractivity contribution in [1.29, 1.82) is 0 Å². The van der Waals surface area contributed by atoms with Gasteiger partial charge in [0.25, 0.3) is 0 Å². The Balaban J connectivity index is 1.88. The first-order valence-electron chi connectivity index (χ1n) is 5.51. The molecule has 98 valence electrons. The minimum absolute atomic E-state index is 0.233. The van der Waals surface area contributed by atoms with Gasteiger partial charge in [0.2, 0.25) is 0 Å². The summed E-state index contributed by atoms with van der Waals surface area (Å²) in [4.78, 5) is 11.6. The van der Waals surface area contributed by atoms with Crippen LogP contribution in [0.3, 0.4) is 0 Å². The quantitative estimate of drug-likeness (QED) is 0.616. The standard InChI is InChI=1S/C12H14O6/c13-9-8(18-12(16)10(9)14)6-17-11(15)7-4-2-1-3-5-7/h1-5,8-10,12-14,16H,6H2/t8-,9-,10?,12+/m1/s1. The minimum Gasteiger partial charge on any atom is -0.459 e. The van der Waals surface area contributed by atoms with Gasteiger partial charge in [-0.05, 0) is 12.1 Å². The Hall–Kier alpha value is -1.47. The smallest absolute Gasteiger partial charge is 0.338 e. The topological polar surface area (TPSA) is 96.2 Å². The largest absolute Gasteiger partial charge is 0.459 e. The van der Waals surface area contributed by atoms with Gasteiger partial charge in [-0.15, -0.1) is 0 Å². The fourth-order valence-electron chi connectivity index (χ4n) is 1.68. The third-order valence-electron chi connectivity index (χ3n) is 2.73. The van der Waals surface area contributed by atoms with Crippen LogP contribution in [0.5, 0.6) is 0 Å². The highest BCUT2D eigenvalue weighted by Crippen LogP contribution is 2.20. The maximum Gasteiger partial charge on any atom is 0.338 e. The number of aliphatic hydroxyl groups excluding tert-OH is 3. The summed E-state index contributed by atoms with van der Waals surface area (Å²) in [7, 11) is 0. The van der Waals surface area contributed by atoms with Crippen LogP contribution >= 0.6 is 0 Å². The second kappa shape index (κ2) is 5.45. The molecule has 1 saturated heterocycles. The predicted molar refractivity (Wildman–Crippen MR) is 59.6 cm³/mol. The average molecular weight is 254 g/mol. The van der Waals surface area contributed by atoms with Crippen molar-refractivity contribution in [3.63, 3.8) is 0 Å². The monoisotopic (exact) mass is 254 g/mol. The zero-order valence-corrected chi connectivity index (χ0v) is 9.47. The van der Waals surface area contributed by atoms with Crippen LogP contribution < -0.4 is 0 Å². The van der Waals surface area contributed by atoms with E-state index in [1.165, 1.54) is 0 Å². The first-order valence-corrected chi connectivity index (χ1v) is 5.51. The Morgan fingerprint density at radius 3 is 2.39 bits per heavy atom. The second-order valence-electron chi connectivity index (χ2n) is 4.01. The molecule has 18 heavy (non-hydrogen) atoms. The summed E-state index contributed by atoms with van der Waals surface area (Å²) in [6.07, 6.45) is -5.04. The van der Waals surface area contributed by atoms with Crippen molar-refractivity contribution in [2.24, 2.45) is 0 Å². The van der Waals surface area contributed by atoms with Crippen molar-refractivity contribution >= 4 is 5.97 Å². The van der Waals surface area contributed by atoms with E-state index >= 15 is 0 Å². The molecule has 0 amide bonds. The lowest BCUT2D eigenvalue weighted by atomic mass is 10.1. The number of hydrogen-bond donors (Lipinski definition) is 3. The molecule has 6 nitrogen and oxygen atoms in total. The zero-order valence-electron chi connectivity index (χ0n) is 9.47. The van der Waals surface area contributed by atoms with Gasteiger partial charge in [-0.3, -0.25) is 0 Å². The highest BCUT2D eigenvalue weighted by molar-refractivity contribution is 5.89. The first kappa shape index (κ1) is 13.0. The molecule has 4 atom stereocenters. The van der Waals surface area contributed by atoms with Gasteiger partial charge in [-0.2, -0.15) is 0 Å². The Morgan fingerprint density at radius 1 is 1.17 bits per heavy atom. The van der Waals surface area contributed by atoms with Crippen molar-refractivity contribution in [2.75, 3.05) is 6.61 Å². The highest BCUT2D eigenvalue weighted by Gasteiger charge is 2.42. The van der Waals surface area contributed by atoms with Gasteiger partial charge in [0.05, 0.1) is 5.56 Å². The van der Waals surface area contributed by atoms with Crippen molar-refractivity contribution in [2.45, 2.75) is 24.6 Å². The lowest BCUT2D eigenvalue weighted by Gasteiger charge is -2.14. The van der Waals surface area contributed by atoms with Crippen LogP contribution in [0.25, 0.3) is 0 Å². The van der Waals surface area contributed by atoms with Crippen LogP contribution in [0.4, 0.5) is 0 Å². The summed E-state index contributed by atoms with van der Waals surface area (Å²) in [6, 6.07) is 8.36. The molecule has 0 aromatic heterocycles. The molecular formula is C12H14O6. The first-order chi connectivity index (χ1) is 8.59. The summed E-state index contributed by atoms with van der Waals surface area (Å²) >= 11 is 0. The normalized spacial score (nSPS) is 31.3. The van der Waals surface area contributed by atoms with Gasteiger partial charge in [0.1, 0.15) is 24.9 Å². The number of benzene rings is 1. The molecule has 3 N–H and O–H groups in total. The number of carbonyl (C=O) groups is 1. The zero-order chi connectivity index (χ0) is 13.1. The Bertz CT molecular complexity index is 406. The van der Waals surface area contributed by atoms with E-state index in [1.807, 2.05) is 0 Å². The van der Waals surface area contributed by atoms with Crippen LogP contribution in [0, 0.1) is 0 Å². The lowest BCUT2D eigenvalue weighted by Crippen LogP contribution is -2.34. The van der Waals surface area contributed by atoms with Gasteiger partial charge in [0, 0.05) is 0 Å². The number of carbonyl (C=O) groups excluding carboxylic acids is 1. The molecule has 1 aliphatic heterocycles. The average Bonchev–Trinajstić information content (AvgIpc) is 2.64. The Kier molecular flexibility index (Phi) is 3.93. The SMILES string of the molecule is O=C(OC[C@H]1O[C@H](O)C(O)[C@@H]1O)c1ccccc1. The van der Waals surface area contributed by atoms with Crippen molar-refractivity contribution in [3.8, 4) is 0 Å². The molecule has 0 radical (unpaired) electrons. The number of esters is 1. The molecule has 0 saturated carbocycles. The molecule has 1 fully saturated rings. The summed E-state index contributed by atoms with van der Waals surface area (Å²) in [5.41, 5.74) is 0.381. The molecular weight excluding hydrogens is 240 g/mol. The van der Waals surface area contributed by atoms with Gasteiger partial charge in [-0.1, -0.05) is 18.2 Å². The number of ether oxygens (including phenoxy) is 2. The minimum atomic E-state index is -1.46. The van der Waals surface area contributed by atoms with Crippen LogP contribution in [0.15, 0.2) is 30.3 Å². The van der Waals surface area contributed by atoms with Crippen LogP contribution in [-0.2, 0) is 9.47 Å². The summed E-state index contributed by atoms with van der Waals surface area (Å²) in [5.74, 6) is -0.553. The number of rotatable bonds is 3. The lowest BCUT2D eigenvalue weighted by molar-refractivity contribution is -0.133. The molecule has 1 aliphatic rings. The Morgan fingerprint density at radius 2 is 1.83 bits per heavy atom. The van der Waals surface area contributed by atoms with Crippen LogP contribution in [-0.4, -0.2) is 52.5 Å². The van der Waals surface area contributed by atoms with E-state index < -0.39 is 30.6 Å². The van der Waals surface area contributed by atoms with E-state index in [9.17, 15) is 15.0 Å². The van der Waals surface area contributed by atoms with E-state index in [4.69, 9.17) is 14.6 Å². The van der Waals surface area contributed by atoms with Crippen molar-refractivity contribution < 1.29 is 29.6 Å². The molecule has 1 unspecified atom stereocenters. The van der Waals surface area contributed by atoms with Gasteiger partial charge < -0.3 is 24.8 Å². The van der Waals surface area contributed by atoms with Crippen molar-refractivity contribution in [1.82, 2.24) is 0 Å². The third kappa shape index (κ3) is 2.68. The maximum atomic E-state index is 11.6. The number of aliphatic hydroxyl groups is 3. The predicted octanol–water partition coefficient (Wildman–Crippen LogP) is -0.718. The van der Waals surface area contributed by atoms with E-state index in [0.29, 0.717) is 5.56 Å². The molecule has 2 rings (SSSR count). The fraction of sp³-hybridized carbons (Fsp3) is 0.417. The van der Waals surface area contributed by atoms with Crippen LogP contribution in [0.2, 0.25) is 0 Å². The molecule has 1 heterocycles. The maximum absolute atomic E-state index is 11.6. The second-order valence-corrected chi connectivity index (χ2v) is 4.01. The van der Waals surface area contributed by atoms with Gasteiger partial charge >= 0.3 is 5.97 Å². The summed E-state index contributed by atoms with van der Waals surface area (Å²) in [5, 5.41) is 27.9. The van der Waals surface area contributed by atoms with Gasteiger partial charge in [0.15, 0.2) is 6.29 Å². The van der Waals surface area contributed by atoms with Crippen LogP contribution in [0.1, 0.15) is 10.4 Å². The Labute approximate surface area is 103 Å². The molecule has 0 aliphatic carbocycles. The van der Waals surface area contributed by atoms with E-state index in [1.54, 1.807) is 30.3 Å². The third-order valence-corrected chi connectivity index (χ3v) is 2.73. The summed E-state index contributed by atoms with van der Waals surface area (Å²) < 4.78 is 9.78. The molecule has 0 bridgehead atoms. The molecule has 1 aromatic rings. The highest BCUT2D eigenvalue weighted by atomic mass is 16.7. The number of hydrogen-bond acceptors (Lipinski definition) is 6. The molecule has 1 aromatic carbocycles. The van der Waals surface area contributed by atoms with E-state index in [2.05, 4.69) is 0 Å². The molecule has 0 spiro atoms. The molecule has 6 heteroatoms. The van der Waals surface area contributed by atoms with Gasteiger partial charge in [-0.25, -0.2) is 4.79 Å². The fourth-order valence-corrected chi connectivity index (χ4v) is 1.68. The van der Waals surface area contributed by atoms with E-state index in [0.717, 1.165) is 0 Å². The van der Waals surface area contributed by atoms with E-state index in [-0.39, 0.29) is 6.61 Å². The summed E-state index contributed by atoms with van der Waals surface area (Å²) in [6.45, 7) is -0.233. The van der Waals surface area contributed by atoms with Crippen molar-refractivity contribution in [3.05, 3.63) is 35.9 Å².